The van der Waals surface area contributed by atoms with E-state index in [1.807, 2.05) is 0 Å². The van der Waals surface area contributed by atoms with Crippen LogP contribution in [0.1, 0.15) is 11.6 Å². The van der Waals surface area contributed by atoms with Crippen LogP contribution in [0.3, 0.4) is 0 Å². The summed E-state index contributed by atoms with van der Waals surface area (Å²) in [5.74, 6) is 0.173. The van der Waals surface area contributed by atoms with Gasteiger partial charge in [0.2, 0.25) is 0 Å². The lowest BCUT2D eigenvalue weighted by atomic mass is 10.1. The first-order valence-corrected chi connectivity index (χ1v) is 7.77. The summed E-state index contributed by atoms with van der Waals surface area (Å²) < 4.78 is 20.4. The SMILES string of the molecule is CNC(COc1cccc(Cl)c1)c1ccc(Br)c(Cl)c1F. The predicted octanol–water partition coefficient (Wildman–Crippen LogP) is 5.23. The van der Waals surface area contributed by atoms with Crippen molar-refractivity contribution >= 4 is 39.1 Å². The van der Waals surface area contributed by atoms with Crippen molar-refractivity contribution in [1.29, 1.82) is 0 Å². The van der Waals surface area contributed by atoms with E-state index in [1.54, 1.807) is 43.4 Å². The lowest BCUT2D eigenvalue weighted by Crippen LogP contribution is -2.24. The molecule has 2 aromatic rings. The molecule has 0 fully saturated rings. The molecule has 0 aliphatic rings. The Kier molecular flexibility index (Phi) is 5.88. The standard InChI is InChI=1S/C15H13BrCl2FNO/c1-20-13(8-21-10-4-2-3-9(17)7-10)11-5-6-12(16)14(18)15(11)19/h2-7,13,20H,8H2,1H3. The molecule has 0 spiro atoms. The number of benzene rings is 2. The Hall–Kier alpha value is -0.810. The largest absolute Gasteiger partial charge is 0.492 e. The summed E-state index contributed by atoms with van der Waals surface area (Å²) in [7, 11) is 1.74. The molecule has 0 saturated heterocycles. The zero-order valence-electron chi connectivity index (χ0n) is 11.2. The van der Waals surface area contributed by atoms with Gasteiger partial charge in [-0.1, -0.05) is 35.3 Å². The van der Waals surface area contributed by atoms with E-state index in [4.69, 9.17) is 27.9 Å². The molecule has 2 rings (SSSR count). The van der Waals surface area contributed by atoms with E-state index in [9.17, 15) is 4.39 Å². The Morgan fingerprint density at radius 2 is 2.05 bits per heavy atom. The van der Waals surface area contributed by atoms with E-state index in [2.05, 4.69) is 21.2 Å². The lowest BCUT2D eigenvalue weighted by Gasteiger charge is -2.19. The van der Waals surface area contributed by atoms with Gasteiger partial charge in [-0.05, 0) is 47.2 Å². The first-order valence-electron chi connectivity index (χ1n) is 6.22. The molecule has 0 aromatic heterocycles. The number of hydrogen-bond acceptors (Lipinski definition) is 2. The fraction of sp³-hybridized carbons (Fsp3) is 0.200. The van der Waals surface area contributed by atoms with Gasteiger partial charge in [0.1, 0.15) is 18.2 Å². The summed E-state index contributed by atoms with van der Waals surface area (Å²) in [4.78, 5) is 0. The Balaban J connectivity index is 2.15. The van der Waals surface area contributed by atoms with E-state index in [0.717, 1.165) is 0 Å². The third-order valence-electron chi connectivity index (χ3n) is 3.00. The van der Waals surface area contributed by atoms with Gasteiger partial charge in [0, 0.05) is 15.1 Å². The quantitative estimate of drug-likeness (QED) is 0.703. The third kappa shape index (κ3) is 4.10. The van der Waals surface area contributed by atoms with E-state index >= 15 is 0 Å². The highest BCUT2D eigenvalue weighted by molar-refractivity contribution is 9.10. The molecule has 2 aromatic carbocycles. The van der Waals surface area contributed by atoms with Crippen LogP contribution in [0.4, 0.5) is 4.39 Å². The molecule has 21 heavy (non-hydrogen) atoms. The maximum Gasteiger partial charge on any atom is 0.147 e. The van der Waals surface area contributed by atoms with E-state index in [1.165, 1.54) is 0 Å². The van der Waals surface area contributed by atoms with Crippen LogP contribution in [-0.4, -0.2) is 13.7 Å². The highest BCUT2D eigenvalue weighted by atomic mass is 79.9. The number of rotatable bonds is 5. The Labute approximate surface area is 141 Å². The molecule has 0 aliphatic heterocycles. The Morgan fingerprint density at radius 1 is 1.29 bits per heavy atom. The van der Waals surface area contributed by atoms with Crippen molar-refractivity contribution in [3.05, 3.63) is 62.3 Å². The third-order valence-corrected chi connectivity index (χ3v) is 4.50. The predicted molar refractivity (Wildman–Crippen MR) is 87.9 cm³/mol. The van der Waals surface area contributed by atoms with Gasteiger partial charge in [-0.15, -0.1) is 0 Å². The van der Waals surface area contributed by atoms with Crippen LogP contribution in [0.2, 0.25) is 10.0 Å². The molecule has 0 amide bonds. The van der Waals surface area contributed by atoms with Gasteiger partial charge in [-0.25, -0.2) is 4.39 Å². The summed E-state index contributed by atoms with van der Waals surface area (Å²) in [5, 5.41) is 3.67. The molecule has 1 atom stereocenters. The van der Waals surface area contributed by atoms with Gasteiger partial charge in [-0.3, -0.25) is 0 Å². The molecule has 0 aliphatic carbocycles. The zero-order chi connectivity index (χ0) is 15.4. The van der Waals surface area contributed by atoms with Crippen molar-refractivity contribution in [3.63, 3.8) is 0 Å². The van der Waals surface area contributed by atoms with Crippen LogP contribution >= 0.6 is 39.1 Å². The molecular weight excluding hydrogens is 380 g/mol. The highest BCUT2D eigenvalue weighted by Crippen LogP contribution is 2.30. The Bertz CT molecular complexity index is 639. The van der Waals surface area contributed by atoms with Crippen molar-refractivity contribution in [2.24, 2.45) is 0 Å². The van der Waals surface area contributed by atoms with Crippen molar-refractivity contribution in [3.8, 4) is 5.75 Å². The van der Waals surface area contributed by atoms with E-state index < -0.39 is 5.82 Å². The van der Waals surface area contributed by atoms with Crippen molar-refractivity contribution < 1.29 is 9.13 Å². The fourth-order valence-electron chi connectivity index (χ4n) is 1.87. The number of ether oxygens (including phenoxy) is 1. The normalized spacial score (nSPS) is 12.2. The summed E-state index contributed by atoms with van der Waals surface area (Å²) in [5.41, 5.74) is 0.452. The maximum absolute atomic E-state index is 14.2. The van der Waals surface area contributed by atoms with Crippen molar-refractivity contribution in [2.75, 3.05) is 13.7 Å². The van der Waals surface area contributed by atoms with Gasteiger partial charge in [0.25, 0.3) is 0 Å². The zero-order valence-corrected chi connectivity index (χ0v) is 14.3. The topological polar surface area (TPSA) is 21.3 Å². The smallest absolute Gasteiger partial charge is 0.147 e. The number of likely N-dealkylation sites (N-methyl/N-ethyl adjacent to an activating group) is 1. The average Bonchev–Trinajstić information content (AvgIpc) is 2.47. The molecule has 1 N–H and O–H groups in total. The van der Waals surface area contributed by atoms with Crippen LogP contribution in [-0.2, 0) is 0 Å². The second-order valence-corrected chi connectivity index (χ2v) is 6.04. The molecule has 0 heterocycles. The first-order chi connectivity index (χ1) is 10.0. The minimum Gasteiger partial charge on any atom is -0.492 e. The number of halogens is 4. The number of hydrogen-bond donors (Lipinski definition) is 1. The summed E-state index contributed by atoms with van der Waals surface area (Å²) in [6, 6.07) is 10.1. The molecule has 1 unspecified atom stereocenters. The minimum atomic E-state index is -0.458. The van der Waals surface area contributed by atoms with Crippen LogP contribution in [0, 0.1) is 5.82 Å². The monoisotopic (exact) mass is 391 g/mol. The van der Waals surface area contributed by atoms with Gasteiger partial charge < -0.3 is 10.1 Å². The van der Waals surface area contributed by atoms with Crippen LogP contribution in [0.5, 0.6) is 5.75 Å². The van der Waals surface area contributed by atoms with Gasteiger partial charge in [-0.2, -0.15) is 0 Å². The fourth-order valence-corrected chi connectivity index (χ4v) is 2.53. The molecule has 0 saturated carbocycles. The maximum atomic E-state index is 14.2. The first kappa shape index (κ1) is 16.6. The second-order valence-electron chi connectivity index (χ2n) is 4.37. The molecular formula is C15H13BrCl2FNO. The molecule has 2 nitrogen and oxygen atoms in total. The number of nitrogens with one attached hydrogen (secondary N) is 1. The molecule has 112 valence electrons. The van der Waals surface area contributed by atoms with Crippen molar-refractivity contribution in [1.82, 2.24) is 5.32 Å². The highest BCUT2D eigenvalue weighted by Gasteiger charge is 2.18. The molecule has 0 bridgehead atoms. The second kappa shape index (κ2) is 7.45. The average molecular weight is 393 g/mol. The lowest BCUT2D eigenvalue weighted by molar-refractivity contribution is 0.270. The van der Waals surface area contributed by atoms with E-state index in [-0.39, 0.29) is 17.7 Å². The summed E-state index contributed by atoms with van der Waals surface area (Å²) in [6.07, 6.45) is 0. The van der Waals surface area contributed by atoms with E-state index in [0.29, 0.717) is 20.8 Å². The summed E-state index contributed by atoms with van der Waals surface area (Å²) in [6.45, 7) is 0.256. The van der Waals surface area contributed by atoms with Crippen LogP contribution in [0.15, 0.2) is 40.9 Å². The summed E-state index contributed by atoms with van der Waals surface area (Å²) >= 11 is 15.0. The molecule has 6 heteroatoms. The van der Waals surface area contributed by atoms with Gasteiger partial charge in [0.15, 0.2) is 0 Å². The van der Waals surface area contributed by atoms with Crippen LogP contribution in [0.25, 0.3) is 0 Å². The van der Waals surface area contributed by atoms with Crippen molar-refractivity contribution in [2.45, 2.75) is 6.04 Å². The Morgan fingerprint density at radius 3 is 2.71 bits per heavy atom. The van der Waals surface area contributed by atoms with Gasteiger partial charge >= 0.3 is 0 Å². The van der Waals surface area contributed by atoms with Gasteiger partial charge in [0.05, 0.1) is 11.1 Å². The van der Waals surface area contributed by atoms with Crippen LogP contribution < -0.4 is 10.1 Å². The minimum absolute atomic E-state index is 0.0653. The molecule has 0 radical (unpaired) electrons.